The summed E-state index contributed by atoms with van der Waals surface area (Å²) < 4.78 is 47.5. The number of carbonyl (C=O) groups is 2. The Hall–Kier alpha value is -2.87. The quantitative estimate of drug-likeness (QED) is 0.776. The Morgan fingerprint density at radius 1 is 1.03 bits per heavy atom. The summed E-state index contributed by atoms with van der Waals surface area (Å²) in [4.78, 5) is 28.4. The molecule has 3 heterocycles. The van der Waals surface area contributed by atoms with Crippen LogP contribution in [0.5, 0.6) is 0 Å². The molecule has 0 bridgehead atoms. The lowest BCUT2D eigenvalue weighted by atomic mass is 9.91. The van der Waals surface area contributed by atoms with Crippen LogP contribution in [-0.2, 0) is 9.53 Å². The fourth-order valence-electron chi connectivity index (χ4n) is 4.52. The summed E-state index contributed by atoms with van der Waals surface area (Å²) in [5.41, 5.74) is -1.14. The van der Waals surface area contributed by atoms with E-state index < -0.39 is 35.4 Å². The summed E-state index contributed by atoms with van der Waals surface area (Å²) in [7, 11) is 0. The summed E-state index contributed by atoms with van der Waals surface area (Å²) in [5, 5.41) is 0. The van der Waals surface area contributed by atoms with Gasteiger partial charge in [-0.25, -0.2) is 13.2 Å². The first-order chi connectivity index (χ1) is 13.9. The normalized spacial score (nSPS) is 24.7. The molecule has 0 aliphatic carbocycles. The van der Waals surface area contributed by atoms with E-state index in [0.717, 1.165) is 18.2 Å². The van der Waals surface area contributed by atoms with E-state index in [4.69, 9.17) is 4.74 Å². The second-order valence-corrected chi connectivity index (χ2v) is 7.68. The zero-order valence-corrected chi connectivity index (χ0v) is 15.3. The van der Waals surface area contributed by atoms with Gasteiger partial charge in [0.05, 0.1) is 24.7 Å². The van der Waals surface area contributed by atoms with Crippen LogP contribution < -0.4 is 0 Å². The SMILES string of the molecule is O=C(c1cc(F)ccc1F)N1CC2(C1)OC1CCC(c3ccccc3F)N1C2=O. The van der Waals surface area contributed by atoms with Gasteiger partial charge in [0.2, 0.25) is 0 Å². The Balaban J connectivity index is 1.35. The van der Waals surface area contributed by atoms with Crippen LogP contribution in [0.2, 0.25) is 0 Å². The van der Waals surface area contributed by atoms with Crippen molar-refractivity contribution in [3.05, 3.63) is 71.0 Å². The van der Waals surface area contributed by atoms with Crippen LogP contribution in [0.1, 0.15) is 34.8 Å². The van der Waals surface area contributed by atoms with Crippen molar-refractivity contribution in [2.24, 2.45) is 0 Å². The first kappa shape index (κ1) is 18.2. The van der Waals surface area contributed by atoms with Gasteiger partial charge in [0.1, 0.15) is 23.7 Å². The summed E-state index contributed by atoms with van der Waals surface area (Å²) in [6.07, 6.45) is 0.680. The average Bonchev–Trinajstić information content (AvgIpc) is 3.20. The number of carbonyl (C=O) groups excluding carboxylic acids is 2. The van der Waals surface area contributed by atoms with E-state index in [1.165, 1.54) is 11.0 Å². The molecule has 3 saturated heterocycles. The van der Waals surface area contributed by atoms with E-state index in [1.54, 1.807) is 23.1 Å². The van der Waals surface area contributed by atoms with E-state index in [9.17, 15) is 22.8 Å². The van der Waals surface area contributed by atoms with Crippen molar-refractivity contribution in [2.75, 3.05) is 13.1 Å². The third-order valence-electron chi connectivity index (χ3n) is 5.92. The standard InChI is InChI=1S/C21H17F3N2O3/c22-12-5-6-16(24)14(9-12)19(27)25-10-21(11-25)20(28)26-17(7-8-18(26)29-21)13-3-1-2-4-15(13)23/h1-6,9,17-18H,7-8,10-11H2. The predicted molar refractivity (Wildman–Crippen MR) is 95.1 cm³/mol. The van der Waals surface area contributed by atoms with Crippen molar-refractivity contribution in [1.82, 2.24) is 9.80 Å². The van der Waals surface area contributed by atoms with Crippen molar-refractivity contribution in [1.29, 1.82) is 0 Å². The highest BCUT2D eigenvalue weighted by molar-refractivity contribution is 5.98. The van der Waals surface area contributed by atoms with Crippen LogP contribution in [0.3, 0.4) is 0 Å². The molecular formula is C21H17F3N2O3. The Bertz CT molecular complexity index is 1020. The smallest absolute Gasteiger partial charge is 0.261 e. The molecule has 1 spiro atoms. The number of benzene rings is 2. The van der Waals surface area contributed by atoms with E-state index in [0.29, 0.717) is 18.4 Å². The maximum atomic E-state index is 14.2. The maximum Gasteiger partial charge on any atom is 0.261 e. The minimum Gasteiger partial charge on any atom is -0.338 e. The minimum atomic E-state index is -1.20. The average molecular weight is 402 g/mol. The fraction of sp³-hybridized carbons (Fsp3) is 0.333. The molecule has 0 saturated carbocycles. The van der Waals surface area contributed by atoms with Crippen LogP contribution >= 0.6 is 0 Å². The molecule has 2 unspecified atom stereocenters. The molecule has 0 aromatic heterocycles. The van der Waals surface area contributed by atoms with Crippen LogP contribution in [0.25, 0.3) is 0 Å². The molecule has 150 valence electrons. The zero-order valence-electron chi connectivity index (χ0n) is 15.3. The van der Waals surface area contributed by atoms with Crippen LogP contribution in [-0.4, -0.2) is 46.5 Å². The Morgan fingerprint density at radius 3 is 2.55 bits per heavy atom. The van der Waals surface area contributed by atoms with Gasteiger partial charge in [-0.3, -0.25) is 9.59 Å². The Labute approximate surface area is 164 Å². The summed E-state index contributed by atoms with van der Waals surface area (Å²) in [6.45, 7) is -0.0881. The maximum absolute atomic E-state index is 14.2. The first-order valence-corrected chi connectivity index (χ1v) is 9.39. The van der Waals surface area contributed by atoms with Gasteiger partial charge < -0.3 is 14.5 Å². The number of halogens is 3. The van der Waals surface area contributed by atoms with Crippen LogP contribution in [0.15, 0.2) is 42.5 Å². The number of hydrogen-bond donors (Lipinski definition) is 0. The molecule has 2 atom stereocenters. The molecule has 3 fully saturated rings. The molecule has 0 radical (unpaired) electrons. The number of rotatable bonds is 2. The monoisotopic (exact) mass is 402 g/mol. The number of fused-ring (bicyclic) bond motifs is 1. The van der Waals surface area contributed by atoms with Crippen molar-refractivity contribution >= 4 is 11.8 Å². The molecule has 2 amide bonds. The van der Waals surface area contributed by atoms with Gasteiger partial charge >= 0.3 is 0 Å². The number of ether oxygens (including phenoxy) is 1. The molecule has 2 aromatic rings. The Kier molecular flexibility index (Phi) is 3.96. The van der Waals surface area contributed by atoms with Crippen molar-refractivity contribution < 1.29 is 27.5 Å². The van der Waals surface area contributed by atoms with Gasteiger partial charge in [0, 0.05) is 5.56 Å². The zero-order chi connectivity index (χ0) is 20.3. The third kappa shape index (κ3) is 2.66. The van der Waals surface area contributed by atoms with E-state index in [-0.39, 0.29) is 30.4 Å². The number of nitrogens with zero attached hydrogens (tertiary/aromatic N) is 2. The summed E-state index contributed by atoms with van der Waals surface area (Å²) in [6, 6.07) is 8.58. The van der Waals surface area contributed by atoms with Crippen LogP contribution in [0, 0.1) is 17.5 Å². The second-order valence-electron chi connectivity index (χ2n) is 7.68. The van der Waals surface area contributed by atoms with Crippen molar-refractivity contribution in [2.45, 2.75) is 30.7 Å². The van der Waals surface area contributed by atoms with E-state index in [2.05, 4.69) is 0 Å². The molecule has 2 aromatic carbocycles. The highest BCUT2D eigenvalue weighted by Gasteiger charge is 2.63. The number of amides is 2. The molecule has 3 aliphatic rings. The molecule has 29 heavy (non-hydrogen) atoms. The lowest BCUT2D eigenvalue weighted by Gasteiger charge is -2.45. The lowest BCUT2D eigenvalue weighted by molar-refractivity contribution is -0.154. The van der Waals surface area contributed by atoms with Crippen molar-refractivity contribution in [3.8, 4) is 0 Å². The van der Waals surface area contributed by atoms with Gasteiger partial charge in [0.25, 0.3) is 11.8 Å². The minimum absolute atomic E-state index is 0.0440. The van der Waals surface area contributed by atoms with E-state index >= 15 is 0 Å². The molecule has 3 aliphatic heterocycles. The van der Waals surface area contributed by atoms with Crippen molar-refractivity contribution in [3.63, 3.8) is 0 Å². The van der Waals surface area contributed by atoms with Gasteiger partial charge in [0.15, 0.2) is 5.60 Å². The highest BCUT2D eigenvalue weighted by Crippen LogP contribution is 2.47. The van der Waals surface area contributed by atoms with Crippen LogP contribution in [0.4, 0.5) is 13.2 Å². The van der Waals surface area contributed by atoms with Gasteiger partial charge in [-0.05, 0) is 37.1 Å². The largest absolute Gasteiger partial charge is 0.338 e. The molecule has 8 heteroatoms. The molecule has 5 nitrogen and oxygen atoms in total. The fourth-order valence-corrected chi connectivity index (χ4v) is 4.52. The summed E-state index contributed by atoms with van der Waals surface area (Å²) in [5.74, 6) is -2.90. The first-order valence-electron chi connectivity index (χ1n) is 9.39. The lowest BCUT2D eigenvalue weighted by Crippen LogP contribution is -2.67. The number of hydrogen-bond acceptors (Lipinski definition) is 3. The molecular weight excluding hydrogens is 385 g/mol. The predicted octanol–water partition coefficient (Wildman–Crippen LogP) is 3.02. The Morgan fingerprint density at radius 2 is 1.79 bits per heavy atom. The van der Waals surface area contributed by atoms with E-state index in [1.807, 2.05) is 0 Å². The van der Waals surface area contributed by atoms with Gasteiger partial charge in [-0.1, -0.05) is 18.2 Å². The molecule has 0 N–H and O–H groups in total. The number of likely N-dealkylation sites (tertiary alicyclic amines) is 1. The van der Waals surface area contributed by atoms with Gasteiger partial charge in [-0.2, -0.15) is 0 Å². The molecule has 5 rings (SSSR count). The third-order valence-corrected chi connectivity index (χ3v) is 5.92. The summed E-state index contributed by atoms with van der Waals surface area (Å²) >= 11 is 0. The van der Waals surface area contributed by atoms with Gasteiger partial charge in [-0.15, -0.1) is 0 Å². The second kappa shape index (κ2) is 6.32. The highest BCUT2D eigenvalue weighted by atomic mass is 19.1. The topological polar surface area (TPSA) is 49.9 Å².